The number of rotatable bonds is 3. The number of hydrogen-bond acceptors (Lipinski definition) is 4. The first-order valence-electron chi connectivity index (χ1n) is 6.00. The third-order valence-corrected chi connectivity index (χ3v) is 3.74. The number of halogens is 6. The van der Waals surface area contributed by atoms with Gasteiger partial charge < -0.3 is 0 Å². The zero-order valence-electron chi connectivity index (χ0n) is 11.6. The summed E-state index contributed by atoms with van der Waals surface area (Å²) in [6.45, 7) is 1.46. The van der Waals surface area contributed by atoms with Crippen molar-refractivity contribution in [1.29, 1.82) is 0 Å². The van der Waals surface area contributed by atoms with Gasteiger partial charge in [-0.2, -0.15) is 39.9 Å². The summed E-state index contributed by atoms with van der Waals surface area (Å²) in [7, 11) is -5.79. The van der Waals surface area contributed by atoms with Crippen LogP contribution in [0, 0.1) is 6.92 Å². The second kappa shape index (κ2) is 5.65. The highest BCUT2D eigenvalue weighted by molar-refractivity contribution is 7.93. The van der Waals surface area contributed by atoms with Crippen molar-refractivity contribution >= 4 is 15.8 Å². The molecule has 0 aliphatic heterocycles. The molecule has 0 aromatic carbocycles. The summed E-state index contributed by atoms with van der Waals surface area (Å²) >= 11 is 0. The number of anilines is 1. The zero-order chi connectivity index (χ0) is 18.3. The summed E-state index contributed by atoms with van der Waals surface area (Å²) in [5.74, 6) is -0.810. The molecule has 6 nitrogen and oxygen atoms in total. The van der Waals surface area contributed by atoms with Crippen LogP contribution in [0.1, 0.15) is 11.3 Å². The number of hydrogen-bond donors (Lipinski definition) is 1. The summed E-state index contributed by atoms with van der Waals surface area (Å²) < 4.78 is 99.2. The molecule has 2 rings (SSSR count). The number of aromatic nitrogens is 3. The molecule has 0 atom stereocenters. The van der Waals surface area contributed by atoms with E-state index in [0.717, 1.165) is 18.5 Å². The van der Waals surface area contributed by atoms with Gasteiger partial charge in [-0.05, 0) is 24.6 Å². The van der Waals surface area contributed by atoms with Crippen molar-refractivity contribution in [3.05, 3.63) is 35.8 Å². The Morgan fingerprint density at radius 3 is 2.29 bits per heavy atom. The summed E-state index contributed by atoms with van der Waals surface area (Å²) in [6, 6.07) is 1.72. The van der Waals surface area contributed by atoms with Crippen molar-refractivity contribution < 1.29 is 34.8 Å². The van der Waals surface area contributed by atoms with Crippen LogP contribution in [0.3, 0.4) is 0 Å². The Labute approximate surface area is 131 Å². The fraction of sp³-hybridized carbons (Fsp3) is 0.273. The number of nitrogens with zero attached hydrogens (tertiary/aromatic N) is 3. The lowest BCUT2D eigenvalue weighted by Crippen LogP contribution is -2.30. The van der Waals surface area contributed by atoms with Gasteiger partial charge >= 0.3 is 21.7 Å². The van der Waals surface area contributed by atoms with Gasteiger partial charge in [0.25, 0.3) is 0 Å². The van der Waals surface area contributed by atoms with Crippen LogP contribution in [0.2, 0.25) is 0 Å². The molecule has 0 unspecified atom stereocenters. The van der Waals surface area contributed by atoms with Gasteiger partial charge in [0.1, 0.15) is 5.69 Å². The van der Waals surface area contributed by atoms with Gasteiger partial charge in [-0.3, -0.25) is 4.72 Å². The Bertz CT molecular complexity index is 856. The molecule has 13 heteroatoms. The lowest BCUT2D eigenvalue weighted by Gasteiger charge is -2.13. The zero-order valence-corrected chi connectivity index (χ0v) is 12.5. The number of sulfonamides is 1. The molecule has 0 aliphatic carbocycles. The van der Waals surface area contributed by atoms with Gasteiger partial charge in [-0.25, -0.2) is 9.67 Å². The van der Waals surface area contributed by atoms with Crippen LogP contribution in [-0.2, 0) is 16.2 Å². The second-order valence-corrected chi connectivity index (χ2v) is 6.25. The minimum Gasteiger partial charge on any atom is -0.258 e. The third kappa shape index (κ3) is 3.60. The van der Waals surface area contributed by atoms with Crippen LogP contribution in [0.25, 0.3) is 5.69 Å². The van der Waals surface area contributed by atoms with E-state index in [1.54, 1.807) is 0 Å². The van der Waals surface area contributed by atoms with Gasteiger partial charge in [0, 0.05) is 12.4 Å². The van der Waals surface area contributed by atoms with Crippen molar-refractivity contribution in [3.63, 3.8) is 0 Å². The van der Waals surface area contributed by atoms with E-state index in [4.69, 9.17) is 0 Å². The highest BCUT2D eigenvalue weighted by atomic mass is 32.2. The molecule has 0 radical (unpaired) electrons. The Hall–Kier alpha value is -2.31. The highest BCUT2D eigenvalue weighted by Crippen LogP contribution is 2.30. The van der Waals surface area contributed by atoms with E-state index in [1.165, 1.54) is 11.6 Å². The minimum absolute atomic E-state index is 0.365. The molecule has 24 heavy (non-hydrogen) atoms. The van der Waals surface area contributed by atoms with E-state index in [-0.39, 0.29) is 0 Å². The molecule has 0 amide bonds. The Kier molecular flexibility index (Phi) is 4.24. The van der Waals surface area contributed by atoms with Crippen molar-refractivity contribution in [3.8, 4) is 5.69 Å². The molecule has 2 aromatic rings. The number of alkyl halides is 6. The lowest BCUT2D eigenvalue weighted by molar-refractivity contribution is -0.141. The molecule has 0 saturated heterocycles. The average Bonchev–Trinajstić information content (AvgIpc) is 2.88. The summed E-state index contributed by atoms with van der Waals surface area (Å²) in [4.78, 5) is 3.49. The summed E-state index contributed by atoms with van der Waals surface area (Å²) in [5.41, 5.74) is -6.94. The van der Waals surface area contributed by atoms with E-state index >= 15 is 0 Å². The molecular weight excluding hydrogens is 366 g/mol. The Balaban J connectivity index is 2.52. The maximum absolute atomic E-state index is 12.6. The fourth-order valence-corrected chi connectivity index (χ4v) is 2.13. The van der Waals surface area contributed by atoms with Crippen LogP contribution < -0.4 is 4.72 Å². The van der Waals surface area contributed by atoms with Crippen molar-refractivity contribution in [1.82, 2.24) is 14.8 Å². The number of aryl methyl sites for hydroxylation is 1. The lowest BCUT2D eigenvalue weighted by atomic mass is 10.3. The minimum atomic E-state index is -5.79. The molecule has 132 valence electrons. The van der Waals surface area contributed by atoms with Gasteiger partial charge in [0.2, 0.25) is 0 Å². The predicted octanol–water partition coefficient (Wildman–Crippen LogP) is 2.86. The molecule has 2 aromatic heterocycles. The largest absolute Gasteiger partial charge is 0.516 e. The van der Waals surface area contributed by atoms with Gasteiger partial charge in [-0.15, -0.1) is 0 Å². The summed E-state index contributed by atoms with van der Waals surface area (Å²) in [6.07, 6.45) is -2.90. The highest BCUT2D eigenvalue weighted by Gasteiger charge is 2.46. The normalized spacial score (nSPS) is 13.1. The molecule has 2 heterocycles. The molecule has 0 spiro atoms. The van der Waals surface area contributed by atoms with Crippen LogP contribution in [0.4, 0.5) is 32.2 Å². The first-order valence-corrected chi connectivity index (χ1v) is 7.48. The van der Waals surface area contributed by atoms with Crippen molar-refractivity contribution in [2.75, 3.05) is 4.72 Å². The van der Waals surface area contributed by atoms with Gasteiger partial charge in [0.05, 0.1) is 0 Å². The summed E-state index contributed by atoms with van der Waals surface area (Å²) in [5, 5.41) is 3.18. The number of nitrogens with one attached hydrogen (secondary N) is 1. The standard InChI is InChI=1S/C11H8F6N4O2S/c1-6-4-7(21-3-2-8(19-21)10(12,13)14)9(18-5-6)20-24(22,23)11(15,16)17/h2-5H,1H3,(H,18,20). The molecule has 0 fully saturated rings. The van der Waals surface area contributed by atoms with Crippen molar-refractivity contribution in [2.24, 2.45) is 0 Å². The van der Waals surface area contributed by atoms with E-state index in [1.807, 2.05) is 0 Å². The first kappa shape index (κ1) is 18.0. The van der Waals surface area contributed by atoms with Crippen LogP contribution in [0.5, 0.6) is 0 Å². The second-order valence-electron chi connectivity index (χ2n) is 4.57. The third-order valence-electron chi connectivity index (χ3n) is 2.67. The van der Waals surface area contributed by atoms with E-state index < -0.39 is 38.9 Å². The molecular formula is C11H8F6N4O2S. The topological polar surface area (TPSA) is 76.9 Å². The SMILES string of the molecule is Cc1cnc(NS(=O)(=O)C(F)(F)F)c(-n2ccc(C(F)(F)F)n2)c1. The van der Waals surface area contributed by atoms with E-state index in [2.05, 4.69) is 10.1 Å². The predicted molar refractivity (Wildman–Crippen MR) is 69.7 cm³/mol. The molecule has 0 saturated carbocycles. The van der Waals surface area contributed by atoms with Gasteiger partial charge in [0.15, 0.2) is 11.5 Å². The monoisotopic (exact) mass is 374 g/mol. The van der Waals surface area contributed by atoms with E-state index in [0.29, 0.717) is 16.3 Å². The van der Waals surface area contributed by atoms with Crippen molar-refractivity contribution in [2.45, 2.75) is 18.6 Å². The number of pyridine rings is 1. The first-order chi connectivity index (χ1) is 10.8. The van der Waals surface area contributed by atoms with Crippen LogP contribution in [0.15, 0.2) is 24.5 Å². The van der Waals surface area contributed by atoms with Gasteiger partial charge in [-0.1, -0.05) is 0 Å². The molecule has 0 aliphatic rings. The quantitative estimate of drug-likeness (QED) is 0.839. The van der Waals surface area contributed by atoms with E-state index in [9.17, 15) is 34.8 Å². The molecule has 0 bridgehead atoms. The maximum Gasteiger partial charge on any atom is 0.516 e. The van der Waals surface area contributed by atoms with Crippen LogP contribution in [-0.4, -0.2) is 28.7 Å². The van der Waals surface area contributed by atoms with Crippen LogP contribution >= 0.6 is 0 Å². The maximum atomic E-state index is 12.6. The average molecular weight is 374 g/mol. The fourth-order valence-electron chi connectivity index (χ4n) is 1.60. The Morgan fingerprint density at radius 2 is 1.79 bits per heavy atom. The molecule has 1 N–H and O–H groups in total. The Morgan fingerprint density at radius 1 is 1.17 bits per heavy atom. The smallest absolute Gasteiger partial charge is 0.258 e.